The van der Waals surface area contributed by atoms with Gasteiger partial charge in [-0.1, -0.05) is 5.21 Å². The van der Waals surface area contributed by atoms with Crippen molar-refractivity contribution in [3.63, 3.8) is 0 Å². The zero-order valence-corrected chi connectivity index (χ0v) is 8.54. The lowest BCUT2D eigenvalue weighted by atomic mass is 10.4. The van der Waals surface area contributed by atoms with Crippen LogP contribution < -0.4 is 0 Å². The van der Waals surface area contributed by atoms with Crippen LogP contribution in [-0.2, 0) is 11.3 Å². The Labute approximate surface area is 86.3 Å². The van der Waals surface area contributed by atoms with E-state index in [-0.39, 0.29) is 18.1 Å². The minimum atomic E-state index is -1.16. The van der Waals surface area contributed by atoms with Gasteiger partial charge in [0.2, 0.25) is 5.91 Å². The summed E-state index contributed by atoms with van der Waals surface area (Å²) in [6.07, 6.45) is 1.23. The molecule has 0 fully saturated rings. The second-order valence-corrected chi connectivity index (χ2v) is 3.01. The number of amides is 1. The number of carboxylic acids is 1. The third-order valence-corrected chi connectivity index (χ3v) is 1.96. The van der Waals surface area contributed by atoms with Crippen molar-refractivity contribution < 1.29 is 14.7 Å². The fourth-order valence-corrected chi connectivity index (χ4v) is 0.909. The molecule has 0 atom stereocenters. The summed E-state index contributed by atoms with van der Waals surface area (Å²) in [5.41, 5.74) is -0.165. The number of nitrogens with zero attached hydrogens (tertiary/aromatic N) is 4. The molecule has 1 aromatic rings. The van der Waals surface area contributed by atoms with Gasteiger partial charge in [0.15, 0.2) is 5.69 Å². The number of rotatable bonds is 4. The van der Waals surface area contributed by atoms with E-state index >= 15 is 0 Å². The summed E-state index contributed by atoms with van der Waals surface area (Å²) in [7, 11) is 1.66. The standard InChI is InChI=1S/C8H12N4O3/c1-3-11(2)7(13)5-12-4-6(8(14)15)9-10-12/h4H,3,5H2,1-2H3,(H,14,15). The molecule has 1 rings (SSSR count). The van der Waals surface area contributed by atoms with Crippen molar-refractivity contribution >= 4 is 11.9 Å². The Balaban J connectivity index is 2.65. The molecule has 7 nitrogen and oxygen atoms in total. The van der Waals surface area contributed by atoms with Gasteiger partial charge in [0, 0.05) is 13.6 Å². The van der Waals surface area contributed by atoms with Crippen molar-refractivity contribution in [2.45, 2.75) is 13.5 Å². The highest BCUT2D eigenvalue weighted by Crippen LogP contribution is 1.94. The monoisotopic (exact) mass is 212 g/mol. The van der Waals surface area contributed by atoms with Crippen molar-refractivity contribution in [3.8, 4) is 0 Å². The van der Waals surface area contributed by atoms with Crippen molar-refractivity contribution in [1.29, 1.82) is 0 Å². The van der Waals surface area contributed by atoms with E-state index in [1.807, 2.05) is 6.92 Å². The average Bonchev–Trinajstić information content (AvgIpc) is 2.65. The molecular weight excluding hydrogens is 200 g/mol. The minimum Gasteiger partial charge on any atom is -0.476 e. The van der Waals surface area contributed by atoms with Gasteiger partial charge in [-0.3, -0.25) is 4.79 Å². The zero-order valence-electron chi connectivity index (χ0n) is 8.54. The highest BCUT2D eigenvalue weighted by Gasteiger charge is 2.12. The van der Waals surface area contributed by atoms with Gasteiger partial charge in [-0.15, -0.1) is 5.10 Å². The summed E-state index contributed by atoms with van der Waals surface area (Å²) in [6.45, 7) is 2.45. The highest BCUT2D eigenvalue weighted by molar-refractivity contribution is 5.84. The number of carbonyl (C=O) groups excluding carboxylic acids is 1. The molecular formula is C8H12N4O3. The second kappa shape index (κ2) is 4.54. The Morgan fingerprint density at radius 1 is 1.60 bits per heavy atom. The van der Waals surface area contributed by atoms with Crippen LogP contribution in [0.15, 0.2) is 6.20 Å². The summed E-state index contributed by atoms with van der Waals surface area (Å²) in [4.78, 5) is 23.4. The number of carboxylic acid groups (broad SMARTS) is 1. The van der Waals surface area contributed by atoms with Crippen LogP contribution in [0.3, 0.4) is 0 Å². The van der Waals surface area contributed by atoms with Crippen LogP contribution in [0.2, 0.25) is 0 Å². The maximum Gasteiger partial charge on any atom is 0.358 e. The quantitative estimate of drug-likeness (QED) is 0.723. The minimum absolute atomic E-state index is 0.00458. The summed E-state index contributed by atoms with van der Waals surface area (Å²) in [5, 5.41) is 15.5. The van der Waals surface area contributed by atoms with Crippen LogP contribution >= 0.6 is 0 Å². The molecule has 82 valence electrons. The average molecular weight is 212 g/mol. The molecule has 1 N–H and O–H groups in total. The largest absolute Gasteiger partial charge is 0.476 e. The summed E-state index contributed by atoms with van der Waals surface area (Å²) in [6, 6.07) is 0. The molecule has 1 amide bonds. The van der Waals surface area contributed by atoms with E-state index in [9.17, 15) is 9.59 Å². The van der Waals surface area contributed by atoms with Gasteiger partial charge in [0.05, 0.1) is 6.20 Å². The van der Waals surface area contributed by atoms with Gasteiger partial charge < -0.3 is 10.0 Å². The maximum atomic E-state index is 11.4. The van der Waals surface area contributed by atoms with E-state index in [1.165, 1.54) is 15.8 Å². The van der Waals surface area contributed by atoms with Gasteiger partial charge in [-0.25, -0.2) is 9.48 Å². The van der Waals surface area contributed by atoms with Crippen LogP contribution in [0.5, 0.6) is 0 Å². The van der Waals surface area contributed by atoms with Crippen LogP contribution in [0.1, 0.15) is 17.4 Å². The Kier molecular flexibility index (Phi) is 3.37. The molecule has 0 aromatic carbocycles. The van der Waals surface area contributed by atoms with E-state index in [0.717, 1.165) is 0 Å². The molecule has 0 radical (unpaired) electrons. The van der Waals surface area contributed by atoms with E-state index in [4.69, 9.17) is 5.11 Å². The first kappa shape index (κ1) is 11.2. The molecule has 7 heteroatoms. The van der Waals surface area contributed by atoms with E-state index in [2.05, 4.69) is 10.3 Å². The lowest BCUT2D eigenvalue weighted by Gasteiger charge is -2.13. The van der Waals surface area contributed by atoms with Gasteiger partial charge in [0.1, 0.15) is 6.54 Å². The first-order chi connectivity index (χ1) is 7.04. The van der Waals surface area contributed by atoms with Crippen molar-refractivity contribution in [2.75, 3.05) is 13.6 Å². The van der Waals surface area contributed by atoms with Gasteiger partial charge in [0.25, 0.3) is 0 Å². The molecule has 0 spiro atoms. The zero-order chi connectivity index (χ0) is 11.4. The molecule has 0 aliphatic heterocycles. The first-order valence-electron chi connectivity index (χ1n) is 4.42. The van der Waals surface area contributed by atoms with Crippen LogP contribution in [0.4, 0.5) is 0 Å². The second-order valence-electron chi connectivity index (χ2n) is 3.01. The van der Waals surface area contributed by atoms with E-state index in [0.29, 0.717) is 6.54 Å². The molecule has 0 aliphatic carbocycles. The highest BCUT2D eigenvalue weighted by atomic mass is 16.4. The molecule has 0 saturated carbocycles. The SMILES string of the molecule is CCN(C)C(=O)Cn1cc(C(=O)O)nn1. The topological polar surface area (TPSA) is 88.3 Å². The Morgan fingerprint density at radius 2 is 2.27 bits per heavy atom. The predicted molar refractivity (Wildman–Crippen MR) is 50.3 cm³/mol. The smallest absolute Gasteiger partial charge is 0.358 e. The number of hydrogen-bond acceptors (Lipinski definition) is 4. The molecule has 0 bridgehead atoms. The molecule has 0 aliphatic rings. The van der Waals surface area contributed by atoms with Crippen LogP contribution in [-0.4, -0.2) is 50.5 Å². The van der Waals surface area contributed by atoms with Crippen molar-refractivity contribution in [1.82, 2.24) is 19.9 Å². The number of hydrogen-bond donors (Lipinski definition) is 1. The number of carbonyl (C=O) groups is 2. The number of aromatic carboxylic acids is 1. The summed E-state index contributed by atoms with van der Waals surface area (Å²) >= 11 is 0. The first-order valence-corrected chi connectivity index (χ1v) is 4.42. The maximum absolute atomic E-state index is 11.4. The predicted octanol–water partition coefficient (Wildman–Crippen LogP) is -0.545. The molecule has 0 unspecified atom stereocenters. The third-order valence-electron chi connectivity index (χ3n) is 1.96. The summed E-state index contributed by atoms with van der Waals surface area (Å²) in [5.74, 6) is -1.29. The normalized spacial score (nSPS) is 10.0. The lowest BCUT2D eigenvalue weighted by Crippen LogP contribution is -2.30. The molecule has 15 heavy (non-hydrogen) atoms. The van der Waals surface area contributed by atoms with Gasteiger partial charge >= 0.3 is 5.97 Å². The van der Waals surface area contributed by atoms with Crippen molar-refractivity contribution in [2.24, 2.45) is 0 Å². The number of aromatic nitrogens is 3. The van der Waals surface area contributed by atoms with Gasteiger partial charge in [-0.05, 0) is 6.92 Å². The Hall–Kier alpha value is -1.92. The molecule has 1 aromatic heterocycles. The summed E-state index contributed by atoms with van der Waals surface area (Å²) < 4.78 is 1.21. The Morgan fingerprint density at radius 3 is 2.73 bits per heavy atom. The van der Waals surface area contributed by atoms with Gasteiger partial charge in [-0.2, -0.15) is 0 Å². The van der Waals surface area contributed by atoms with E-state index < -0.39 is 5.97 Å². The van der Waals surface area contributed by atoms with E-state index in [1.54, 1.807) is 7.05 Å². The lowest BCUT2D eigenvalue weighted by molar-refractivity contribution is -0.130. The number of likely N-dealkylation sites (N-methyl/N-ethyl adjacent to an activating group) is 1. The third kappa shape index (κ3) is 2.76. The fourth-order valence-electron chi connectivity index (χ4n) is 0.909. The fraction of sp³-hybridized carbons (Fsp3) is 0.500. The molecule has 0 saturated heterocycles. The molecule has 1 heterocycles. The van der Waals surface area contributed by atoms with Crippen LogP contribution in [0.25, 0.3) is 0 Å². The van der Waals surface area contributed by atoms with Crippen molar-refractivity contribution in [3.05, 3.63) is 11.9 Å². The Bertz CT molecular complexity index is 374. The van der Waals surface area contributed by atoms with Crippen LogP contribution in [0, 0.1) is 0 Å².